The number of carboxylic acid groups (broad SMARTS) is 1. The number of fused-ring (bicyclic) bond motifs is 1. The van der Waals surface area contributed by atoms with E-state index in [9.17, 15) is 9.90 Å². The van der Waals surface area contributed by atoms with Gasteiger partial charge in [-0.15, -0.1) is 0 Å². The zero-order valence-electron chi connectivity index (χ0n) is 26.5. The summed E-state index contributed by atoms with van der Waals surface area (Å²) in [6.07, 6.45) is 3.27. The molecule has 4 aromatic rings. The number of benzene rings is 2. The molecular weight excluding hydrogens is 556 g/mol. The maximum Gasteiger partial charge on any atom is 0.342 e. The fourth-order valence-electron chi connectivity index (χ4n) is 5.83. The van der Waals surface area contributed by atoms with Gasteiger partial charge in [-0.2, -0.15) is 9.78 Å². The van der Waals surface area contributed by atoms with Crippen LogP contribution in [0, 0.1) is 6.92 Å². The summed E-state index contributed by atoms with van der Waals surface area (Å²) in [6.45, 7) is 13.1. The number of aromatic carboxylic acids is 1. The molecule has 0 aliphatic carbocycles. The lowest BCUT2D eigenvalue weighted by Gasteiger charge is -2.37. The summed E-state index contributed by atoms with van der Waals surface area (Å²) >= 11 is 0. The molecule has 0 saturated heterocycles. The van der Waals surface area contributed by atoms with Crippen molar-refractivity contribution >= 4 is 5.97 Å². The Bertz CT molecular complexity index is 1630. The number of pyridine rings is 1. The van der Waals surface area contributed by atoms with Crippen molar-refractivity contribution in [3.05, 3.63) is 88.6 Å². The van der Waals surface area contributed by atoms with Crippen LogP contribution in [0.25, 0.3) is 17.1 Å². The van der Waals surface area contributed by atoms with Gasteiger partial charge in [0.05, 0.1) is 24.1 Å². The molecule has 9 heteroatoms. The van der Waals surface area contributed by atoms with Crippen molar-refractivity contribution in [3.8, 4) is 28.7 Å². The van der Waals surface area contributed by atoms with Crippen LogP contribution in [-0.2, 0) is 24.3 Å². The van der Waals surface area contributed by atoms with Crippen molar-refractivity contribution in [2.45, 2.75) is 72.3 Å². The first-order valence-corrected chi connectivity index (χ1v) is 15.1. The molecular formula is C35H42N4O5. The number of aromatic nitrogens is 3. The van der Waals surface area contributed by atoms with E-state index in [2.05, 4.69) is 49.0 Å². The van der Waals surface area contributed by atoms with Crippen LogP contribution in [-0.4, -0.2) is 62.6 Å². The van der Waals surface area contributed by atoms with Gasteiger partial charge in [0.25, 0.3) is 0 Å². The maximum absolute atomic E-state index is 11.7. The lowest BCUT2D eigenvalue weighted by Crippen LogP contribution is -2.42. The summed E-state index contributed by atoms with van der Waals surface area (Å²) in [5, 5.41) is 13.8. The van der Waals surface area contributed by atoms with Crippen LogP contribution in [0.1, 0.15) is 66.7 Å². The molecule has 3 heterocycles. The fourth-order valence-corrected chi connectivity index (χ4v) is 5.83. The number of carbonyl (C=O) groups is 1. The second-order valence-electron chi connectivity index (χ2n) is 12.0. The van der Waals surface area contributed by atoms with Gasteiger partial charge in [0, 0.05) is 31.8 Å². The molecule has 1 atom stereocenters. The van der Waals surface area contributed by atoms with Gasteiger partial charge in [0.2, 0.25) is 5.88 Å². The Morgan fingerprint density at radius 1 is 1.09 bits per heavy atom. The molecule has 5 rings (SSSR count). The molecule has 0 fully saturated rings. The Labute approximate surface area is 259 Å². The molecule has 0 amide bonds. The minimum atomic E-state index is -1.11. The highest BCUT2D eigenvalue weighted by Crippen LogP contribution is 2.34. The Kier molecular flexibility index (Phi) is 9.36. The smallest absolute Gasteiger partial charge is 0.342 e. The van der Waals surface area contributed by atoms with Crippen LogP contribution in [0.3, 0.4) is 0 Å². The first kappa shape index (κ1) is 31.2. The van der Waals surface area contributed by atoms with Crippen LogP contribution < -0.4 is 9.47 Å². The van der Waals surface area contributed by atoms with E-state index >= 15 is 0 Å². The minimum Gasteiger partial charge on any atom is -0.488 e. The molecule has 1 aliphatic heterocycles. The van der Waals surface area contributed by atoms with Gasteiger partial charge in [-0.25, -0.2) is 9.78 Å². The van der Waals surface area contributed by atoms with E-state index in [4.69, 9.17) is 19.2 Å². The van der Waals surface area contributed by atoms with Gasteiger partial charge in [0.15, 0.2) is 5.82 Å². The number of rotatable bonds is 12. The molecule has 232 valence electrons. The van der Waals surface area contributed by atoms with E-state index < -0.39 is 5.97 Å². The molecule has 0 saturated carbocycles. The number of nitrogens with zero attached hydrogens (tertiary/aromatic N) is 4. The first-order chi connectivity index (χ1) is 21.1. The SMILES string of the molecule is CCOc1c(C(=O)O)cnn1-c1cccc(-c2cccc(C)c2OCc2ccc3c(c2)CCN(C(C)CC(C)(C)OC)C3)n1. The van der Waals surface area contributed by atoms with E-state index in [-0.39, 0.29) is 17.0 Å². The summed E-state index contributed by atoms with van der Waals surface area (Å²) in [4.78, 5) is 19.1. The Morgan fingerprint density at radius 3 is 2.64 bits per heavy atom. The van der Waals surface area contributed by atoms with Crippen molar-refractivity contribution in [1.82, 2.24) is 19.7 Å². The lowest BCUT2D eigenvalue weighted by atomic mass is 9.93. The molecule has 0 radical (unpaired) electrons. The highest BCUT2D eigenvalue weighted by Gasteiger charge is 2.27. The number of aryl methyl sites for hydroxylation is 1. The predicted molar refractivity (Wildman–Crippen MR) is 170 cm³/mol. The van der Waals surface area contributed by atoms with E-state index in [1.807, 2.05) is 37.3 Å². The van der Waals surface area contributed by atoms with Gasteiger partial charge >= 0.3 is 5.97 Å². The monoisotopic (exact) mass is 598 g/mol. The number of methoxy groups -OCH3 is 1. The average Bonchev–Trinajstić information content (AvgIpc) is 3.44. The lowest BCUT2D eigenvalue weighted by molar-refractivity contribution is -0.00799. The fraction of sp³-hybridized carbons (Fsp3) is 0.400. The minimum absolute atomic E-state index is 0.0130. The predicted octanol–water partition coefficient (Wildman–Crippen LogP) is 6.48. The summed E-state index contributed by atoms with van der Waals surface area (Å²) in [7, 11) is 1.79. The molecule has 0 spiro atoms. The normalized spacial score (nSPS) is 14.2. The Balaban J connectivity index is 1.34. The third kappa shape index (κ3) is 6.79. The van der Waals surface area contributed by atoms with E-state index in [1.54, 1.807) is 20.1 Å². The largest absolute Gasteiger partial charge is 0.488 e. The zero-order chi connectivity index (χ0) is 31.4. The zero-order valence-corrected chi connectivity index (χ0v) is 26.5. The van der Waals surface area contributed by atoms with Gasteiger partial charge in [-0.05, 0) is 87.9 Å². The number of hydrogen-bond acceptors (Lipinski definition) is 7. The Morgan fingerprint density at radius 2 is 1.89 bits per heavy atom. The van der Waals surface area contributed by atoms with Crippen molar-refractivity contribution in [2.24, 2.45) is 0 Å². The van der Waals surface area contributed by atoms with Crippen LogP contribution in [0.5, 0.6) is 11.6 Å². The average molecular weight is 599 g/mol. The second kappa shape index (κ2) is 13.2. The molecule has 1 unspecified atom stereocenters. The van der Waals surface area contributed by atoms with Crippen LogP contribution in [0.4, 0.5) is 0 Å². The molecule has 2 aromatic carbocycles. The highest BCUT2D eigenvalue weighted by atomic mass is 16.5. The van der Waals surface area contributed by atoms with Crippen molar-refractivity contribution in [1.29, 1.82) is 0 Å². The standard InChI is InChI=1S/C35H42N4O5/c1-7-43-33-29(34(40)41)20-36-39(33)31-13-9-12-30(37-31)28-11-8-10-23(2)32(28)44-22-25-14-15-27-21-38(17-16-26(27)18-25)24(3)19-35(4,5)42-6/h8-15,18,20,24H,7,16-17,19,21-22H2,1-6H3,(H,40,41). The van der Waals surface area contributed by atoms with E-state index in [0.717, 1.165) is 48.4 Å². The third-order valence-electron chi connectivity index (χ3n) is 8.33. The topological polar surface area (TPSA) is 98.9 Å². The number of carboxylic acids is 1. The highest BCUT2D eigenvalue weighted by molar-refractivity contribution is 5.90. The van der Waals surface area contributed by atoms with E-state index in [0.29, 0.717) is 30.8 Å². The van der Waals surface area contributed by atoms with Crippen molar-refractivity contribution in [3.63, 3.8) is 0 Å². The first-order valence-electron chi connectivity index (χ1n) is 15.1. The summed E-state index contributed by atoms with van der Waals surface area (Å²) in [5.74, 6) is 0.252. The summed E-state index contributed by atoms with van der Waals surface area (Å²) in [5.41, 5.74) is 6.26. The summed E-state index contributed by atoms with van der Waals surface area (Å²) in [6, 6.07) is 18.7. The van der Waals surface area contributed by atoms with Crippen LogP contribution >= 0.6 is 0 Å². The molecule has 44 heavy (non-hydrogen) atoms. The van der Waals surface area contributed by atoms with Gasteiger partial charge in [-0.3, -0.25) is 4.90 Å². The molecule has 2 aromatic heterocycles. The van der Waals surface area contributed by atoms with Crippen molar-refractivity contribution in [2.75, 3.05) is 20.3 Å². The van der Waals surface area contributed by atoms with Crippen molar-refractivity contribution < 1.29 is 24.1 Å². The number of hydrogen-bond donors (Lipinski definition) is 1. The molecule has 1 N–H and O–H groups in total. The molecule has 1 aliphatic rings. The number of para-hydroxylation sites is 1. The summed E-state index contributed by atoms with van der Waals surface area (Å²) < 4.78 is 19.2. The van der Waals surface area contributed by atoms with Crippen LogP contribution in [0.2, 0.25) is 0 Å². The second-order valence-corrected chi connectivity index (χ2v) is 12.0. The van der Waals surface area contributed by atoms with Crippen LogP contribution in [0.15, 0.2) is 60.8 Å². The van der Waals surface area contributed by atoms with Gasteiger partial charge in [0.1, 0.15) is 17.9 Å². The third-order valence-corrected chi connectivity index (χ3v) is 8.33. The maximum atomic E-state index is 11.7. The Hall–Kier alpha value is -4.21. The molecule has 0 bridgehead atoms. The van der Waals surface area contributed by atoms with E-state index in [1.165, 1.54) is 22.0 Å². The van der Waals surface area contributed by atoms with Gasteiger partial charge < -0.3 is 19.3 Å². The number of ether oxygens (including phenoxy) is 3. The van der Waals surface area contributed by atoms with Gasteiger partial charge in [-0.1, -0.05) is 36.4 Å². The quantitative estimate of drug-likeness (QED) is 0.198. The molecule has 9 nitrogen and oxygen atoms in total.